The van der Waals surface area contributed by atoms with Crippen LogP contribution in [0.25, 0.3) is 0 Å². The zero-order chi connectivity index (χ0) is 12.3. The van der Waals surface area contributed by atoms with Gasteiger partial charge in [-0.3, -0.25) is 0 Å². The number of tetrazole rings is 1. The van der Waals surface area contributed by atoms with E-state index in [2.05, 4.69) is 10.4 Å². The molecule has 1 aromatic heterocycles. The lowest BCUT2D eigenvalue weighted by atomic mass is 10.2. The molecule has 1 N–H and O–H groups in total. The van der Waals surface area contributed by atoms with E-state index in [9.17, 15) is 9.90 Å². The van der Waals surface area contributed by atoms with Crippen LogP contribution < -0.4 is 5.69 Å². The molecule has 1 atom stereocenters. The van der Waals surface area contributed by atoms with E-state index in [1.54, 1.807) is 0 Å². The van der Waals surface area contributed by atoms with Crippen molar-refractivity contribution >= 4 is 0 Å². The Morgan fingerprint density at radius 1 is 1.47 bits per heavy atom. The number of rotatable bonds is 4. The molecule has 0 unspecified atom stereocenters. The molecule has 1 aliphatic carbocycles. The van der Waals surface area contributed by atoms with E-state index in [1.807, 2.05) is 6.07 Å². The first kappa shape index (κ1) is 11.8. The summed E-state index contributed by atoms with van der Waals surface area (Å²) < 4.78 is 2.52. The Bertz CT molecular complexity index is 466. The van der Waals surface area contributed by atoms with Crippen molar-refractivity contribution in [2.24, 2.45) is 0 Å². The van der Waals surface area contributed by atoms with Gasteiger partial charge in [-0.1, -0.05) is 12.8 Å². The number of nitrogens with zero attached hydrogens (tertiary/aromatic N) is 5. The molecule has 1 saturated carbocycles. The summed E-state index contributed by atoms with van der Waals surface area (Å²) in [7, 11) is 0. The lowest BCUT2D eigenvalue weighted by molar-refractivity contribution is 0.151. The van der Waals surface area contributed by atoms with Crippen LogP contribution in [0.4, 0.5) is 0 Å². The molecule has 92 valence electrons. The number of nitriles is 1. The highest BCUT2D eigenvalue weighted by atomic mass is 16.3. The lowest BCUT2D eigenvalue weighted by Crippen LogP contribution is -2.30. The first-order valence-corrected chi connectivity index (χ1v) is 5.79. The fraction of sp³-hybridized carbons (Fsp3) is 0.800. The monoisotopic (exact) mass is 237 g/mol. The van der Waals surface area contributed by atoms with Crippen molar-refractivity contribution in [1.29, 1.82) is 5.26 Å². The number of aliphatic hydroxyl groups is 1. The summed E-state index contributed by atoms with van der Waals surface area (Å²) >= 11 is 0. The van der Waals surface area contributed by atoms with Gasteiger partial charge in [0.1, 0.15) is 0 Å². The maximum Gasteiger partial charge on any atom is 0.364 e. The largest absolute Gasteiger partial charge is 0.390 e. The fourth-order valence-electron chi connectivity index (χ4n) is 2.15. The predicted molar refractivity (Wildman–Crippen MR) is 58.0 cm³/mol. The highest BCUT2D eigenvalue weighted by Gasteiger charge is 2.22. The molecule has 7 heteroatoms. The van der Waals surface area contributed by atoms with Crippen molar-refractivity contribution in [2.45, 2.75) is 50.8 Å². The van der Waals surface area contributed by atoms with Crippen molar-refractivity contribution in [3.05, 3.63) is 10.5 Å². The van der Waals surface area contributed by atoms with Gasteiger partial charge in [-0.2, -0.15) is 14.6 Å². The van der Waals surface area contributed by atoms with Gasteiger partial charge in [0, 0.05) is 0 Å². The van der Waals surface area contributed by atoms with Crippen LogP contribution in [0, 0.1) is 11.3 Å². The summed E-state index contributed by atoms with van der Waals surface area (Å²) in [6, 6.07) is 1.99. The zero-order valence-electron chi connectivity index (χ0n) is 9.49. The van der Waals surface area contributed by atoms with Crippen LogP contribution in [-0.2, 0) is 6.54 Å². The van der Waals surface area contributed by atoms with E-state index in [1.165, 1.54) is 4.68 Å². The molecule has 1 aliphatic rings. The topological polar surface area (TPSA) is 96.7 Å². The van der Waals surface area contributed by atoms with Crippen LogP contribution in [0.3, 0.4) is 0 Å². The van der Waals surface area contributed by atoms with Crippen molar-refractivity contribution in [3.8, 4) is 6.07 Å². The molecule has 1 fully saturated rings. The number of aromatic nitrogens is 4. The predicted octanol–water partition coefficient (Wildman–Crippen LogP) is -0.171. The van der Waals surface area contributed by atoms with Gasteiger partial charge in [0.2, 0.25) is 0 Å². The van der Waals surface area contributed by atoms with Crippen molar-refractivity contribution in [2.75, 3.05) is 0 Å². The molecule has 0 amide bonds. The Morgan fingerprint density at radius 3 is 2.82 bits per heavy atom. The summed E-state index contributed by atoms with van der Waals surface area (Å²) in [5.74, 6) is 0. The quantitative estimate of drug-likeness (QED) is 0.784. The van der Waals surface area contributed by atoms with Gasteiger partial charge in [0.25, 0.3) is 0 Å². The molecule has 2 rings (SSSR count). The van der Waals surface area contributed by atoms with Gasteiger partial charge < -0.3 is 5.11 Å². The summed E-state index contributed by atoms with van der Waals surface area (Å²) in [6.45, 7) is 0.0269. The molecule has 0 bridgehead atoms. The first-order chi connectivity index (χ1) is 8.22. The third kappa shape index (κ3) is 2.53. The number of hydrogen-bond donors (Lipinski definition) is 1. The zero-order valence-corrected chi connectivity index (χ0v) is 9.49. The standard InChI is InChI=1S/C10H15N5O2/c11-6-5-9(16)7-14-10(17)15(13-12-14)8-3-1-2-4-8/h8-9,16H,1-5,7H2/t9-/m0/s1. The highest BCUT2D eigenvalue weighted by Crippen LogP contribution is 2.27. The van der Waals surface area contributed by atoms with Crippen LogP contribution in [0.5, 0.6) is 0 Å². The second kappa shape index (κ2) is 5.10. The van der Waals surface area contributed by atoms with E-state index in [-0.39, 0.29) is 24.7 Å². The molecule has 0 radical (unpaired) electrons. The Balaban J connectivity index is 2.10. The van der Waals surface area contributed by atoms with Crippen LogP contribution in [0.2, 0.25) is 0 Å². The lowest BCUT2D eigenvalue weighted by Gasteiger charge is -2.06. The van der Waals surface area contributed by atoms with E-state index >= 15 is 0 Å². The fourth-order valence-corrected chi connectivity index (χ4v) is 2.15. The van der Waals surface area contributed by atoms with Crippen LogP contribution in [0.15, 0.2) is 4.79 Å². The molecule has 0 spiro atoms. The van der Waals surface area contributed by atoms with E-state index < -0.39 is 6.10 Å². The van der Waals surface area contributed by atoms with Gasteiger partial charge in [0.05, 0.1) is 31.2 Å². The maximum atomic E-state index is 11.9. The summed E-state index contributed by atoms with van der Waals surface area (Å²) in [5.41, 5.74) is -0.297. The van der Waals surface area contributed by atoms with Crippen LogP contribution >= 0.6 is 0 Å². The molecule has 0 saturated heterocycles. The van der Waals surface area contributed by atoms with E-state index in [0.717, 1.165) is 30.4 Å². The van der Waals surface area contributed by atoms with Gasteiger partial charge in [-0.25, -0.2) is 4.79 Å². The smallest absolute Gasteiger partial charge is 0.364 e. The molecule has 0 aliphatic heterocycles. The van der Waals surface area contributed by atoms with E-state index in [4.69, 9.17) is 5.26 Å². The van der Waals surface area contributed by atoms with Gasteiger partial charge in [0.15, 0.2) is 0 Å². The molecular weight excluding hydrogens is 222 g/mol. The Kier molecular flexibility index (Phi) is 3.54. The summed E-state index contributed by atoms with van der Waals surface area (Å²) in [4.78, 5) is 11.9. The van der Waals surface area contributed by atoms with Gasteiger partial charge >= 0.3 is 5.69 Å². The number of aliphatic hydroxyl groups excluding tert-OH is 1. The first-order valence-electron chi connectivity index (χ1n) is 5.79. The highest BCUT2D eigenvalue weighted by molar-refractivity contribution is 4.77. The minimum absolute atomic E-state index is 0.0112. The average molecular weight is 237 g/mol. The minimum atomic E-state index is -0.869. The molecular formula is C10H15N5O2. The maximum absolute atomic E-state index is 11.9. The third-order valence-electron chi connectivity index (χ3n) is 3.04. The Hall–Kier alpha value is -1.68. The molecule has 0 aromatic carbocycles. The van der Waals surface area contributed by atoms with Gasteiger partial charge in [-0.05, 0) is 23.3 Å². The molecule has 17 heavy (non-hydrogen) atoms. The van der Waals surface area contributed by atoms with Crippen molar-refractivity contribution in [3.63, 3.8) is 0 Å². The Labute approximate surface area is 98.3 Å². The minimum Gasteiger partial charge on any atom is -0.390 e. The second-order valence-electron chi connectivity index (χ2n) is 4.34. The SMILES string of the molecule is N#CC[C@H](O)Cn1nnn(C2CCCC2)c1=O. The Morgan fingerprint density at radius 2 is 2.18 bits per heavy atom. The molecule has 1 heterocycles. The third-order valence-corrected chi connectivity index (χ3v) is 3.04. The number of hydrogen-bond acceptors (Lipinski definition) is 5. The molecule has 1 aromatic rings. The summed E-state index contributed by atoms with van der Waals surface area (Å²) in [6.07, 6.45) is 3.26. The average Bonchev–Trinajstić information content (AvgIpc) is 2.90. The normalized spacial score (nSPS) is 18.1. The van der Waals surface area contributed by atoms with Crippen molar-refractivity contribution in [1.82, 2.24) is 19.8 Å². The summed E-state index contributed by atoms with van der Waals surface area (Å²) in [5, 5.41) is 25.4. The second-order valence-corrected chi connectivity index (χ2v) is 4.34. The van der Waals surface area contributed by atoms with E-state index in [0.29, 0.717) is 0 Å². The molecule has 7 nitrogen and oxygen atoms in total. The van der Waals surface area contributed by atoms with Crippen LogP contribution in [-0.4, -0.2) is 31.0 Å². The van der Waals surface area contributed by atoms with Gasteiger partial charge in [-0.15, -0.1) is 0 Å². The van der Waals surface area contributed by atoms with Crippen LogP contribution in [0.1, 0.15) is 38.1 Å². The van der Waals surface area contributed by atoms with Crippen molar-refractivity contribution < 1.29 is 5.11 Å².